The lowest BCUT2D eigenvalue weighted by Crippen LogP contribution is -2.39. The fraction of sp³-hybridized carbons (Fsp3) is 0.692. The van der Waals surface area contributed by atoms with Crippen molar-refractivity contribution in [3.05, 3.63) is 18.0 Å². The average Bonchev–Trinajstić information content (AvgIpc) is 2.94. The summed E-state index contributed by atoms with van der Waals surface area (Å²) < 4.78 is 25.0. The molecular formula is C13H21N3O4S. The van der Waals surface area contributed by atoms with Crippen LogP contribution in [-0.2, 0) is 21.2 Å². The standard InChI is InChI=1S/C13H21N3O4S/c1-10(2)16-5-3-11(14-16)7-15(8-13(17)18)12-4-6-21(19,20)9-12/h3,5,10,12H,4,6-9H2,1-2H3,(H,17,18). The molecule has 1 aliphatic heterocycles. The van der Waals surface area contributed by atoms with Gasteiger partial charge in [-0.3, -0.25) is 14.4 Å². The van der Waals surface area contributed by atoms with E-state index in [1.807, 2.05) is 26.1 Å². The lowest BCUT2D eigenvalue weighted by Gasteiger charge is -2.25. The summed E-state index contributed by atoms with van der Waals surface area (Å²) in [5, 5.41) is 13.4. The summed E-state index contributed by atoms with van der Waals surface area (Å²) in [5.41, 5.74) is 0.759. The van der Waals surface area contributed by atoms with Gasteiger partial charge in [0.15, 0.2) is 9.84 Å². The first kappa shape index (κ1) is 16.0. The highest BCUT2D eigenvalue weighted by Crippen LogP contribution is 2.19. The van der Waals surface area contributed by atoms with Gasteiger partial charge in [-0.25, -0.2) is 8.42 Å². The summed E-state index contributed by atoms with van der Waals surface area (Å²) in [5.74, 6) is -0.790. The van der Waals surface area contributed by atoms with Gasteiger partial charge in [0.05, 0.1) is 23.7 Å². The smallest absolute Gasteiger partial charge is 0.317 e. The molecule has 118 valence electrons. The molecule has 0 spiro atoms. The molecule has 1 saturated heterocycles. The maximum atomic E-state index is 11.6. The third-order valence-corrected chi connectivity index (χ3v) is 5.37. The zero-order valence-corrected chi connectivity index (χ0v) is 13.1. The Balaban J connectivity index is 2.10. The SMILES string of the molecule is CC(C)n1ccc(CN(CC(=O)O)C2CCS(=O)(=O)C2)n1. The van der Waals surface area contributed by atoms with E-state index in [1.54, 1.807) is 9.58 Å². The Morgan fingerprint density at radius 2 is 2.29 bits per heavy atom. The fourth-order valence-electron chi connectivity index (χ4n) is 2.51. The first-order chi connectivity index (χ1) is 9.77. The Morgan fingerprint density at radius 1 is 1.57 bits per heavy atom. The molecule has 21 heavy (non-hydrogen) atoms. The Kier molecular flexibility index (Phi) is 4.67. The molecule has 2 heterocycles. The van der Waals surface area contributed by atoms with Gasteiger partial charge in [-0.15, -0.1) is 0 Å². The van der Waals surface area contributed by atoms with Crippen molar-refractivity contribution in [3.8, 4) is 0 Å². The van der Waals surface area contributed by atoms with Crippen molar-refractivity contribution in [2.45, 2.75) is 38.9 Å². The molecule has 1 N–H and O–H groups in total. The summed E-state index contributed by atoms with van der Waals surface area (Å²) in [4.78, 5) is 12.7. The van der Waals surface area contributed by atoms with Crippen molar-refractivity contribution in [1.29, 1.82) is 0 Å². The van der Waals surface area contributed by atoms with Crippen LogP contribution in [0, 0.1) is 0 Å². The number of carbonyl (C=O) groups is 1. The van der Waals surface area contributed by atoms with Crippen molar-refractivity contribution < 1.29 is 18.3 Å². The van der Waals surface area contributed by atoms with Crippen LogP contribution in [0.2, 0.25) is 0 Å². The van der Waals surface area contributed by atoms with Crippen LogP contribution >= 0.6 is 0 Å². The molecule has 0 amide bonds. The second-order valence-corrected chi connectivity index (χ2v) is 7.97. The van der Waals surface area contributed by atoms with Gasteiger partial charge in [0.1, 0.15) is 0 Å². The first-order valence-corrected chi connectivity index (χ1v) is 8.79. The van der Waals surface area contributed by atoms with E-state index in [0.717, 1.165) is 5.69 Å². The lowest BCUT2D eigenvalue weighted by molar-refractivity contribution is -0.139. The molecule has 0 saturated carbocycles. The fourth-order valence-corrected chi connectivity index (χ4v) is 4.27. The zero-order chi connectivity index (χ0) is 15.6. The highest BCUT2D eigenvalue weighted by Gasteiger charge is 2.33. The molecule has 0 aliphatic carbocycles. The van der Waals surface area contributed by atoms with Gasteiger partial charge in [0.25, 0.3) is 0 Å². The second-order valence-electron chi connectivity index (χ2n) is 5.74. The van der Waals surface area contributed by atoms with Crippen LogP contribution in [0.25, 0.3) is 0 Å². The van der Waals surface area contributed by atoms with Crippen LogP contribution in [0.1, 0.15) is 32.0 Å². The minimum Gasteiger partial charge on any atom is -0.480 e. The second kappa shape index (κ2) is 6.15. The van der Waals surface area contributed by atoms with Crippen LogP contribution in [-0.4, -0.2) is 58.3 Å². The summed E-state index contributed by atoms with van der Waals surface area (Å²) in [6.45, 7) is 4.20. The lowest BCUT2D eigenvalue weighted by atomic mass is 10.2. The van der Waals surface area contributed by atoms with Gasteiger partial charge in [-0.1, -0.05) is 0 Å². The van der Waals surface area contributed by atoms with Gasteiger partial charge in [-0.05, 0) is 26.3 Å². The number of nitrogens with zero attached hydrogens (tertiary/aromatic N) is 3. The maximum Gasteiger partial charge on any atom is 0.317 e. The van der Waals surface area contributed by atoms with E-state index in [1.165, 1.54) is 0 Å². The molecule has 0 bridgehead atoms. The van der Waals surface area contributed by atoms with Crippen LogP contribution < -0.4 is 0 Å². The largest absolute Gasteiger partial charge is 0.480 e. The van der Waals surface area contributed by atoms with Crippen molar-refractivity contribution in [3.63, 3.8) is 0 Å². The molecule has 7 nitrogen and oxygen atoms in total. The number of hydrogen-bond donors (Lipinski definition) is 1. The van der Waals surface area contributed by atoms with Crippen LogP contribution in [0.15, 0.2) is 12.3 Å². The van der Waals surface area contributed by atoms with Gasteiger partial charge in [0, 0.05) is 24.8 Å². The number of rotatable bonds is 6. The molecule has 1 aliphatic rings. The minimum absolute atomic E-state index is 0.0329. The summed E-state index contributed by atoms with van der Waals surface area (Å²) in [7, 11) is -3.04. The molecule has 1 fully saturated rings. The topological polar surface area (TPSA) is 92.5 Å². The van der Waals surface area contributed by atoms with Crippen molar-refractivity contribution in [1.82, 2.24) is 14.7 Å². The van der Waals surface area contributed by atoms with Crippen LogP contribution in [0.3, 0.4) is 0 Å². The molecule has 0 aromatic carbocycles. The first-order valence-electron chi connectivity index (χ1n) is 6.97. The Hall–Kier alpha value is -1.41. The Morgan fingerprint density at radius 3 is 2.76 bits per heavy atom. The van der Waals surface area contributed by atoms with Crippen molar-refractivity contribution >= 4 is 15.8 Å². The average molecular weight is 315 g/mol. The summed E-state index contributed by atoms with van der Waals surface area (Å²) in [6.07, 6.45) is 2.34. The molecule has 1 unspecified atom stereocenters. The van der Waals surface area contributed by atoms with E-state index in [2.05, 4.69) is 5.10 Å². The highest BCUT2D eigenvalue weighted by molar-refractivity contribution is 7.91. The van der Waals surface area contributed by atoms with E-state index in [0.29, 0.717) is 13.0 Å². The Bertz CT molecular complexity index is 609. The molecule has 1 aromatic rings. The van der Waals surface area contributed by atoms with Gasteiger partial charge in [-0.2, -0.15) is 5.10 Å². The third-order valence-electron chi connectivity index (χ3n) is 3.62. The van der Waals surface area contributed by atoms with E-state index < -0.39 is 15.8 Å². The quantitative estimate of drug-likeness (QED) is 0.823. The summed E-state index contributed by atoms with van der Waals surface area (Å²) >= 11 is 0. The molecule has 0 radical (unpaired) electrons. The van der Waals surface area contributed by atoms with Crippen LogP contribution in [0.5, 0.6) is 0 Å². The predicted molar refractivity (Wildman–Crippen MR) is 77.7 cm³/mol. The van der Waals surface area contributed by atoms with E-state index in [4.69, 9.17) is 5.11 Å². The normalized spacial score (nSPS) is 21.2. The highest BCUT2D eigenvalue weighted by atomic mass is 32.2. The Labute approximate surface area is 124 Å². The van der Waals surface area contributed by atoms with Crippen LogP contribution in [0.4, 0.5) is 0 Å². The minimum atomic E-state index is -3.04. The van der Waals surface area contributed by atoms with Gasteiger partial charge < -0.3 is 5.11 Å². The van der Waals surface area contributed by atoms with Gasteiger partial charge in [0.2, 0.25) is 0 Å². The van der Waals surface area contributed by atoms with Crippen molar-refractivity contribution in [2.24, 2.45) is 0 Å². The number of hydrogen-bond acceptors (Lipinski definition) is 5. The zero-order valence-electron chi connectivity index (χ0n) is 12.3. The van der Waals surface area contributed by atoms with E-state index in [9.17, 15) is 13.2 Å². The van der Waals surface area contributed by atoms with Crippen molar-refractivity contribution in [2.75, 3.05) is 18.1 Å². The van der Waals surface area contributed by atoms with E-state index >= 15 is 0 Å². The molecule has 1 aromatic heterocycles. The maximum absolute atomic E-state index is 11.6. The number of carboxylic acid groups (broad SMARTS) is 1. The molecule has 8 heteroatoms. The number of carboxylic acids is 1. The molecule has 2 rings (SSSR count). The number of aromatic nitrogens is 2. The number of sulfone groups is 1. The molecular weight excluding hydrogens is 294 g/mol. The molecule has 1 atom stereocenters. The predicted octanol–water partition coefficient (Wildman–Crippen LogP) is 0.538. The summed E-state index contributed by atoms with van der Waals surface area (Å²) in [6, 6.07) is 1.84. The monoisotopic (exact) mass is 315 g/mol. The van der Waals surface area contributed by atoms with E-state index in [-0.39, 0.29) is 30.1 Å². The number of aliphatic carboxylic acids is 1. The third kappa shape index (κ3) is 4.28. The van der Waals surface area contributed by atoms with Gasteiger partial charge >= 0.3 is 5.97 Å².